The number of rotatable bonds is 3. The second kappa shape index (κ2) is 4.74. The molecule has 1 aliphatic rings. The summed E-state index contributed by atoms with van der Waals surface area (Å²) in [5.74, 6) is 2.85. The molecule has 0 spiro atoms. The fourth-order valence-corrected chi connectivity index (χ4v) is 3.43. The van der Waals surface area contributed by atoms with Crippen molar-refractivity contribution < 1.29 is 8.42 Å². The van der Waals surface area contributed by atoms with Gasteiger partial charge in [-0.3, -0.25) is 0 Å². The average molecular weight is 244 g/mol. The maximum atomic E-state index is 12.0. The molecule has 0 aromatic carbocycles. The Morgan fingerprint density at radius 2 is 2.12 bits per heavy atom. The van der Waals surface area contributed by atoms with E-state index in [-0.39, 0.29) is 0 Å². The predicted octanol–water partition coefficient (Wildman–Crippen LogP) is 0.964. The fourth-order valence-electron chi connectivity index (χ4n) is 1.78. The molecule has 0 amide bonds. The van der Waals surface area contributed by atoms with Gasteiger partial charge in [0.1, 0.15) is 0 Å². The van der Waals surface area contributed by atoms with Crippen molar-refractivity contribution in [3.05, 3.63) is 0 Å². The van der Waals surface area contributed by atoms with Gasteiger partial charge in [0, 0.05) is 13.1 Å². The Balaban J connectivity index is 2.75. The second-order valence-electron chi connectivity index (χ2n) is 4.98. The normalized spacial score (nSPS) is 24.0. The van der Waals surface area contributed by atoms with Crippen molar-refractivity contribution in [3.8, 4) is 12.3 Å². The van der Waals surface area contributed by atoms with E-state index in [1.54, 1.807) is 13.8 Å². The molecule has 1 fully saturated rings. The largest absolute Gasteiger partial charge is 0.280 e. The third-order valence-electron chi connectivity index (χ3n) is 2.70. The molecule has 4 nitrogen and oxygen atoms in total. The number of hydrogen-bond acceptors (Lipinski definition) is 2. The van der Waals surface area contributed by atoms with E-state index >= 15 is 0 Å². The van der Waals surface area contributed by atoms with Crippen LogP contribution in [0.2, 0.25) is 0 Å². The topological polar surface area (TPSA) is 49.4 Å². The van der Waals surface area contributed by atoms with Gasteiger partial charge >= 0.3 is 0 Å². The van der Waals surface area contributed by atoms with E-state index in [4.69, 9.17) is 6.42 Å². The molecule has 0 aromatic rings. The molecule has 0 saturated carbocycles. The van der Waals surface area contributed by atoms with Gasteiger partial charge in [0.15, 0.2) is 0 Å². The number of nitrogens with zero attached hydrogens (tertiary/aromatic N) is 1. The van der Waals surface area contributed by atoms with Crippen LogP contribution in [0, 0.1) is 18.3 Å². The molecule has 92 valence electrons. The Morgan fingerprint density at radius 1 is 1.50 bits per heavy atom. The lowest BCUT2D eigenvalue weighted by molar-refractivity contribution is 0.275. The Labute approximate surface area is 98.6 Å². The lowest BCUT2D eigenvalue weighted by Gasteiger charge is -2.32. The third-order valence-corrected chi connectivity index (χ3v) is 4.48. The number of terminal acetylenes is 1. The number of piperidine rings is 1. The van der Waals surface area contributed by atoms with Crippen LogP contribution in [0.25, 0.3) is 0 Å². The highest BCUT2D eigenvalue weighted by atomic mass is 32.2. The number of nitrogens with one attached hydrogen (secondary N) is 1. The average Bonchev–Trinajstić information content (AvgIpc) is 2.16. The van der Waals surface area contributed by atoms with Crippen LogP contribution in [0.3, 0.4) is 0 Å². The van der Waals surface area contributed by atoms with E-state index in [1.807, 2.05) is 0 Å². The van der Waals surface area contributed by atoms with E-state index in [9.17, 15) is 8.42 Å². The van der Waals surface area contributed by atoms with E-state index in [0.717, 1.165) is 12.8 Å². The molecule has 1 rings (SSSR count). The summed E-state index contributed by atoms with van der Waals surface area (Å²) in [6.07, 6.45) is 7.28. The first-order valence-corrected chi connectivity index (χ1v) is 6.98. The highest BCUT2D eigenvalue weighted by Crippen LogP contribution is 2.18. The molecule has 1 aliphatic heterocycles. The van der Waals surface area contributed by atoms with Gasteiger partial charge in [-0.1, -0.05) is 12.8 Å². The summed E-state index contributed by atoms with van der Waals surface area (Å²) in [5.41, 5.74) is -0.834. The van der Waals surface area contributed by atoms with Crippen LogP contribution in [0.4, 0.5) is 0 Å². The van der Waals surface area contributed by atoms with Crippen molar-refractivity contribution in [2.45, 2.75) is 39.2 Å². The zero-order chi connectivity index (χ0) is 12.4. The van der Waals surface area contributed by atoms with Crippen molar-refractivity contribution in [2.24, 2.45) is 5.92 Å². The minimum atomic E-state index is -3.45. The molecule has 0 radical (unpaired) electrons. The summed E-state index contributed by atoms with van der Waals surface area (Å²) in [5, 5.41) is 0. The van der Waals surface area contributed by atoms with Crippen LogP contribution >= 0.6 is 0 Å². The van der Waals surface area contributed by atoms with Crippen LogP contribution in [-0.4, -0.2) is 31.4 Å². The van der Waals surface area contributed by atoms with Crippen LogP contribution in [0.5, 0.6) is 0 Å². The molecule has 0 aromatic heterocycles. The van der Waals surface area contributed by atoms with Gasteiger partial charge in [0.05, 0.1) is 5.54 Å². The molecule has 0 aliphatic carbocycles. The van der Waals surface area contributed by atoms with Gasteiger partial charge in [0.25, 0.3) is 10.2 Å². The molecule has 1 atom stereocenters. The molecule has 1 heterocycles. The van der Waals surface area contributed by atoms with Crippen molar-refractivity contribution >= 4 is 10.2 Å². The minimum Gasteiger partial charge on any atom is -0.195 e. The predicted molar refractivity (Wildman–Crippen MR) is 64.9 cm³/mol. The minimum absolute atomic E-state index is 0.416. The van der Waals surface area contributed by atoms with Crippen LogP contribution in [0.1, 0.15) is 33.6 Å². The SMILES string of the molecule is C#CC(C)(C)NS(=O)(=O)N1CCCC(C)C1. The van der Waals surface area contributed by atoms with E-state index < -0.39 is 15.7 Å². The van der Waals surface area contributed by atoms with Gasteiger partial charge < -0.3 is 0 Å². The van der Waals surface area contributed by atoms with Crippen LogP contribution in [0.15, 0.2) is 0 Å². The van der Waals surface area contributed by atoms with E-state index in [2.05, 4.69) is 17.6 Å². The van der Waals surface area contributed by atoms with Gasteiger partial charge in [0.2, 0.25) is 0 Å². The van der Waals surface area contributed by atoms with Gasteiger partial charge in [-0.05, 0) is 32.6 Å². The quantitative estimate of drug-likeness (QED) is 0.752. The van der Waals surface area contributed by atoms with Crippen molar-refractivity contribution in [1.29, 1.82) is 0 Å². The summed E-state index contributed by atoms with van der Waals surface area (Å²) in [6, 6.07) is 0. The van der Waals surface area contributed by atoms with Gasteiger partial charge in [-0.25, -0.2) is 0 Å². The molecule has 1 N–H and O–H groups in total. The van der Waals surface area contributed by atoms with E-state index in [0.29, 0.717) is 19.0 Å². The molecule has 0 bridgehead atoms. The third kappa shape index (κ3) is 3.48. The Morgan fingerprint density at radius 3 is 2.62 bits per heavy atom. The molecular weight excluding hydrogens is 224 g/mol. The first kappa shape index (κ1) is 13.5. The smallest absolute Gasteiger partial charge is 0.195 e. The van der Waals surface area contributed by atoms with Crippen LogP contribution < -0.4 is 4.72 Å². The summed E-state index contributed by atoms with van der Waals surface area (Å²) in [6.45, 7) is 6.58. The monoisotopic (exact) mass is 244 g/mol. The van der Waals surface area contributed by atoms with Gasteiger partial charge in [-0.2, -0.15) is 17.4 Å². The summed E-state index contributed by atoms with van der Waals surface area (Å²) >= 11 is 0. The molecule has 16 heavy (non-hydrogen) atoms. The summed E-state index contributed by atoms with van der Waals surface area (Å²) in [4.78, 5) is 0. The summed E-state index contributed by atoms with van der Waals surface area (Å²) in [7, 11) is -3.45. The van der Waals surface area contributed by atoms with Gasteiger partial charge in [-0.15, -0.1) is 6.42 Å². The first-order valence-electron chi connectivity index (χ1n) is 5.54. The second-order valence-corrected chi connectivity index (χ2v) is 6.65. The highest BCUT2D eigenvalue weighted by Gasteiger charge is 2.31. The van der Waals surface area contributed by atoms with Crippen LogP contribution in [-0.2, 0) is 10.2 Å². The Hall–Kier alpha value is -0.570. The zero-order valence-electron chi connectivity index (χ0n) is 10.2. The molecule has 5 heteroatoms. The van der Waals surface area contributed by atoms with Crippen molar-refractivity contribution in [2.75, 3.05) is 13.1 Å². The first-order chi connectivity index (χ1) is 7.27. The van der Waals surface area contributed by atoms with Crippen molar-refractivity contribution in [1.82, 2.24) is 9.03 Å². The highest BCUT2D eigenvalue weighted by molar-refractivity contribution is 7.87. The standard InChI is InChI=1S/C11H20N2O2S/c1-5-11(3,4)12-16(14,15)13-8-6-7-10(2)9-13/h1,10,12H,6-9H2,2-4H3. The lowest BCUT2D eigenvalue weighted by atomic mass is 10.0. The zero-order valence-corrected chi connectivity index (χ0v) is 11.0. The number of hydrogen-bond donors (Lipinski definition) is 1. The Kier molecular flexibility index (Phi) is 4.00. The Bertz CT molecular complexity index is 381. The van der Waals surface area contributed by atoms with Crippen molar-refractivity contribution in [3.63, 3.8) is 0 Å². The molecule has 1 saturated heterocycles. The molecule has 1 unspecified atom stereocenters. The maximum Gasteiger partial charge on any atom is 0.280 e. The molecular formula is C11H20N2O2S. The summed E-state index contributed by atoms with van der Waals surface area (Å²) < 4.78 is 28.1. The van der Waals surface area contributed by atoms with E-state index in [1.165, 1.54) is 4.31 Å². The fraction of sp³-hybridized carbons (Fsp3) is 0.818. The lowest BCUT2D eigenvalue weighted by Crippen LogP contribution is -2.52. The maximum absolute atomic E-state index is 12.0.